The quantitative estimate of drug-likeness (QED) is 0.815. The fraction of sp³-hybridized carbons (Fsp3) is 0.0667. The van der Waals surface area contributed by atoms with Gasteiger partial charge in [-0.1, -0.05) is 46.9 Å². The maximum Gasteiger partial charge on any atom is 0.337 e. The molecular weight excluding hydrogens is 365 g/mol. The molecule has 120 valence electrons. The van der Waals surface area contributed by atoms with Crippen LogP contribution in [0.5, 0.6) is 5.75 Å². The molecule has 0 saturated carbocycles. The number of anilines is 1. The first kappa shape index (κ1) is 17.4. The topological polar surface area (TPSA) is 75.6 Å². The van der Waals surface area contributed by atoms with Gasteiger partial charge in [0.1, 0.15) is 5.75 Å². The highest BCUT2D eigenvalue weighted by atomic mass is 35.5. The summed E-state index contributed by atoms with van der Waals surface area (Å²) in [7, 11) is 0. The summed E-state index contributed by atoms with van der Waals surface area (Å²) < 4.78 is 5.28. The molecule has 2 aromatic carbocycles. The molecule has 1 amide bonds. The highest BCUT2D eigenvalue weighted by molar-refractivity contribution is 6.38. The highest BCUT2D eigenvalue weighted by Gasteiger charge is 2.15. The molecular formula is C15H10Cl3NO4. The molecule has 0 unspecified atom stereocenters. The van der Waals surface area contributed by atoms with Gasteiger partial charge in [-0.3, -0.25) is 4.79 Å². The minimum Gasteiger partial charge on any atom is -0.482 e. The molecule has 0 aliphatic heterocycles. The predicted octanol–water partition coefficient (Wildman–Crippen LogP) is 4.36. The Morgan fingerprint density at radius 3 is 2.39 bits per heavy atom. The molecule has 0 radical (unpaired) electrons. The Morgan fingerprint density at radius 1 is 1.04 bits per heavy atom. The van der Waals surface area contributed by atoms with Crippen molar-refractivity contribution in [2.75, 3.05) is 11.9 Å². The number of carbonyl (C=O) groups excluding carboxylic acids is 1. The molecule has 0 heterocycles. The van der Waals surface area contributed by atoms with Gasteiger partial charge >= 0.3 is 5.97 Å². The molecule has 0 saturated heterocycles. The van der Waals surface area contributed by atoms with E-state index in [-0.39, 0.29) is 27.9 Å². The molecule has 23 heavy (non-hydrogen) atoms. The van der Waals surface area contributed by atoms with Crippen LogP contribution >= 0.6 is 34.8 Å². The van der Waals surface area contributed by atoms with E-state index in [2.05, 4.69) is 5.32 Å². The summed E-state index contributed by atoms with van der Waals surface area (Å²) in [6.45, 7) is -0.314. The Balaban J connectivity index is 2.07. The van der Waals surface area contributed by atoms with Gasteiger partial charge < -0.3 is 15.2 Å². The fourth-order valence-corrected chi connectivity index (χ4v) is 2.40. The first-order valence-corrected chi connectivity index (χ1v) is 7.41. The Morgan fingerprint density at radius 2 is 1.74 bits per heavy atom. The second-order valence-electron chi connectivity index (χ2n) is 4.38. The Labute approximate surface area is 146 Å². The molecule has 0 atom stereocenters. The molecule has 0 spiro atoms. The third-order valence-corrected chi connectivity index (χ3v) is 3.69. The molecule has 8 heteroatoms. The lowest BCUT2D eigenvalue weighted by Crippen LogP contribution is -2.20. The zero-order valence-corrected chi connectivity index (χ0v) is 13.7. The average molecular weight is 375 g/mol. The number of halogens is 3. The van der Waals surface area contributed by atoms with Crippen molar-refractivity contribution in [2.45, 2.75) is 0 Å². The van der Waals surface area contributed by atoms with Crippen molar-refractivity contribution in [3.05, 3.63) is 57.0 Å². The molecule has 0 bridgehead atoms. The van der Waals surface area contributed by atoms with Gasteiger partial charge in [0.25, 0.3) is 5.91 Å². The summed E-state index contributed by atoms with van der Waals surface area (Å²) in [6.07, 6.45) is 0. The SMILES string of the molecule is O=C(COc1ccccc1Cl)Nc1cc(C(=O)O)c(Cl)cc1Cl. The predicted molar refractivity (Wildman–Crippen MR) is 89.0 cm³/mol. The normalized spacial score (nSPS) is 10.2. The lowest BCUT2D eigenvalue weighted by Gasteiger charge is -2.11. The Kier molecular flexibility index (Phi) is 5.71. The zero-order chi connectivity index (χ0) is 17.0. The third kappa shape index (κ3) is 4.51. The number of nitrogens with one attached hydrogen (secondary N) is 1. The first-order valence-electron chi connectivity index (χ1n) is 6.28. The van der Waals surface area contributed by atoms with Crippen molar-refractivity contribution in [3.8, 4) is 5.75 Å². The number of carbonyl (C=O) groups is 2. The maximum atomic E-state index is 11.9. The number of carboxylic acids is 1. The van der Waals surface area contributed by atoms with E-state index in [1.807, 2.05) is 0 Å². The van der Waals surface area contributed by atoms with Gasteiger partial charge in [-0.05, 0) is 24.3 Å². The number of benzene rings is 2. The summed E-state index contributed by atoms with van der Waals surface area (Å²) in [4.78, 5) is 22.9. The van der Waals surface area contributed by atoms with Crippen molar-refractivity contribution in [2.24, 2.45) is 0 Å². The Hall–Kier alpha value is -1.95. The van der Waals surface area contributed by atoms with Crippen LogP contribution in [0.15, 0.2) is 36.4 Å². The number of hydrogen-bond acceptors (Lipinski definition) is 3. The van der Waals surface area contributed by atoms with E-state index in [4.69, 9.17) is 44.6 Å². The van der Waals surface area contributed by atoms with Crippen LogP contribution in [0.3, 0.4) is 0 Å². The monoisotopic (exact) mass is 373 g/mol. The number of carboxylic acid groups (broad SMARTS) is 1. The van der Waals surface area contributed by atoms with Crippen LogP contribution in [0, 0.1) is 0 Å². The van der Waals surface area contributed by atoms with Gasteiger partial charge in [-0.2, -0.15) is 0 Å². The molecule has 2 rings (SSSR count). The van der Waals surface area contributed by atoms with Crippen molar-refractivity contribution < 1.29 is 19.4 Å². The van der Waals surface area contributed by atoms with Crippen LogP contribution in [0.1, 0.15) is 10.4 Å². The van der Waals surface area contributed by atoms with Crippen LogP contribution in [-0.2, 0) is 4.79 Å². The van der Waals surface area contributed by atoms with Gasteiger partial charge in [0.2, 0.25) is 0 Å². The second-order valence-corrected chi connectivity index (χ2v) is 5.61. The van der Waals surface area contributed by atoms with Crippen molar-refractivity contribution >= 4 is 52.4 Å². The van der Waals surface area contributed by atoms with Crippen molar-refractivity contribution in [1.29, 1.82) is 0 Å². The van der Waals surface area contributed by atoms with Gasteiger partial charge in [-0.25, -0.2) is 4.79 Å². The second kappa shape index (κ2) is 7.55. The van der Waals surface area contributed by atoms with Crippen LogP contribution in [0.2, 0.25) is 15.1 Å². The number of rotatable bonds is 5. The highest BCUT2D eigenvalue weighted by Crippen LogP contribution is 2.29. The summed E-state index contributed by atoms with van der Waals surface area (Å²) in [5, 5.41) is 11.9. The van der Waals surface area contributed by atoms with E-state index in [0.717, 1.165) is 0 Å². The van der Waals surface area contributed by atoms with Gasteiger partial charge in [-0.15, -0.1) is 0 Å². The minimum atomic E-state index is -1.23. The van der Waals surface area contributed by atoms with Crippen molar-refractivity contribution in [1.82, 2.24) is 0 Å². The lowest BCUT2D eigenvalue weighted by molar-refractivity contribution is -0.118. The third-order valence-electron chi connectivity index (χ3n) is 2.76. The van der Waals surface area contributed by atoms with Crippen LogP contribution < -0.4 is 10.1 Å². The lowest BCUT2D eigenvalue weighted by atomic mass is 10.2. The van der Waals surface area contributed by atoms with Crippen LogP contribution in [-0.4, -0.2) is 23.6 Å². The van der Waals surface area contributed by atoms with Gasteiger partial charge in [0, 0.05) is 0 Å². The Bertz CT molecular complexity index is 764. The molecule has 5 nitrogen and oxygen atoms in total. The molecule has 0 aromatic heterocycles. The number of ether oxygens (including phenoxy) is 1. The number of hydrogen-bond donors (Lipinski definition) is 2. The van der Waals surface area contributed by atoms with Gasteiger partial charge in [0.15, 0.2) is 6.61 Å². The fourth-order valence-electron chi connectivity index (χ4n) is 1.70. The largest absolute Gasteiger partial charge is 0.482 e. The minimum absolute atomic E-state index is 0.0205. The van der Waals surface area contributed by atoms with E-state index >= 15 is 0 Å². The van der Waals surface area contributed by atoms with Gasteiger partial charge in [0.05, 0.1) is 26.3 Å². The molecule has 2 aromatic rings. The standard InChI is InChI=1S/C15H10Cl3NO4/c16-9-3-1-2-4-13(9)23-7-14(20)19-12-5-8(15(21)22)10(17)6-11(12)18/h1-6H,7H2,(H,19,20)(H,21,22). The van der Waals surface area contributed by atoms with E-state index in [1.165, 1.54) is 12.1 Å². The van der Waals surface area contributed by atoms with E-state index in [1.54, 1.807) is 24.3 Å². The first-order chi connectivity index (χ1) is 10.9. The summed E-state index contributed by atoms with van der Waals surface area (Å²) in [5.41, 5.74) is -0.0420. The van der Waals surface area contributed by atoms with E-state index in [0.29, 0.717) is 10.8 Å². The smallest absolute Gasteiger partial charge is 0.337 e. The zero-order valence-electron chi connectivity index (χ0n) is 11.5. The number of amides is 1. The summed E-state index contributed by atoms with van der Waals surface area (Å²) >= 11 is 17.6. The summed E-state index contributed by atoms with van der Waals surface area (Å²) in [5.74, 6) is -1.39. The van der Waals surface area contributed by atoms with Crippen LogP contribution in [0.4, 0.5) is 5.69 Å². The molecule has 2 N–H and O–H groups in total. The van der Waals surface area contributed by atoms with Crippen LogP contribution in [0.25, 0.3) is 0 Å². The average Bonchev–Trinajstić information content (AvgIpc) is 2.49. The van der Waals surface area contributed by atoms with E-state index in [9.17, 15) is 9.59 Å². The molecule has 0 fully saturated rings. The molecule has 0 aliphatic carbocycles. The number of para-hydroxylation sites is 1. The summed E-state index contributed by atoms with van der Waals surface area (Å²) in [6, 6.07) is 9.12. The number of aromatic carboxylic acids is 1. The molecule has 0 aliphatic rings. The van der Waals surface area contributed by atoms with Crippen molar-refractivity contribution in [3.63, 3.8) is 0 Å². The van der Waals surface area contributed by atoms with E-state index < -0.39 is 11.9 Å². The maximum absolute atomic E-state index is 11.9.